The van der Waals surface area contributed by atoms with Crippen LogP contribution in [0.3, 0.4) is 0 Å². The molecule has 2 aromatic heterocycles. The van der Waals surface area contributed by atoms with Crippen molar-refractivity contribution in [1.29, 1.82) is 0 Å². The Hall–Kier alpha value is -2.95. The Balaban J connectivity index is 1.68. The summed E-state index contributed by atoms with van der Waals surface area (Å²) in [4.78, 5) is 12.3. The number of halogens is 3. The van der Waals surface area contributed by atoms with E-state index in [1.165, 1.54) is 25.3 Å². The van der Waals surface area contributed by atoms with E-state index < -0.39 is 12.5 Å². The number of ether oxygens (including phenoxy) is 2. The van der Waals surface area contributed by atoms with Crippen molar-refractivity contribution in [2.45, 2.75) is 13.3 Å². The molecule has 0 aliphatic rings. The van der Waals surface area contributed by atoms with Crippen molar-refractivity contribution in [1.82, 2.24) is 19.6 Å². The molecule has 0 aliphatic carbocycles. The average Bonchev–Trinajstić information content (AvgIpc) is 3.25. The lowest BCUT2D eigenvalue weighted by atomic mass is 10.2. The summed E-state index contributed by atoms with van der Waals surface area (Å²) in [6.07, 6.45) is 5.06. The van der Waals surface area contributed by atoms with Gasteiger partial charge in [0.1, 0.15) is 6.67 Å². The first-order valence-electron chi connectivity index (χ1n) is 7.60. The maximum atomic E-state index is 12.4. The highest BCUT2D eigenvalue weighted by Crippen LogP contribution is 2.31. The predicted octanol–water partition coefficient (Wildman–Crippen LogP) is 3.21. The van der Waals surface area contributed by atoms with Crippen LogP contribution in [0.5, 0.6) is 11.5 Å². The van der Waals surface area contributed by atoms with E-state index in [2.05, 4.69) is 36.2 Å². The van der Waals surface area contributed by atoms with Gasteiger partial charge in [0.25, 0.3) is 5.91 Å². The number of benzene rings is 1. The minimum atomic E-state index is -2.97. The van der Waals surface area contributed by atoms with Crippen LogP contribution in [0.25, 0.3) is 0 Å². The zero-order valence-corrected chi connectivity index (χ0v) is 15.6. The third-order valence-electron chi connectivity index (χ3n) is 3.40. The summed E-state index contributed by atoms with van der Waals surface area (Å²) in [5, 5.41) is 10.9. The molecule has 142 valence electrons. The second-order valence-electron chi connectivity index (χ2n) is 5.28. The van der Waals surface area contributed by atoms with Crippen molar-refractivity contribution in [2.75, 3.05) is 12.4 Å². The normalized spacial score (nSPS) is 10.9. The van der Waals surface area contributed by atoms with E-state index in [9.17, 15) is 13.6 Å². The molecule has 8 nitrogen and oxygen atoms in total. The third-order valence-corrected chi connectivity index (χ3v) is 3.81. The van der Waals surface area contributed by atoms with Gasteiger partial charge in [0.2, 0.25) is 0 Å². The number of nitrogens with one attached hydrogen (secondary N) is 1. The van der Waals surface area contributed by atoms with Crippen LogP contribution in [-0.4, -0.2) is 39.2 Å². The summed E-state index contributed by atoms with van der Waals surface area (Å²) >= 11 is 3.30. The van der Waals surface area contributed by atoms with Crippen molar-refractivity contribution in [3.63, 3.8) is 0 Å². The minimum Gasteiger partial charge on any atom is -0.493 e. The molecule has 0 bridgehead atoms. The zero-order valence-electron chi connectivity index (χ0n) is 14.0. The van der Waals surface area contributed by atoms with Crippen LogP contribution in [0.2, 0.25) is 0 Å². The van der Waals surface area contributed by atoms with E-state index >= 15 is 0 Å². The van der Waals surface area contributed by atoms with Gasteiger partial charge in [0.15, 0.2) is 17.2 Å². The number of hydrogen-bond acceptors (Lipinski definition) is 5. The summed E-state index contributed by atoms with van der Waals surface area (Å²) in [6.45, 7) is -2.63. The second-order valence-corrected chi connectivity index (χ2v) is 6.19. The van der Waals surface area contributed by atoms with Gasteiger partial charge >= 0.3 is 6.61 Å². The Kier molecular flexibility index (Phi) is 5.69. The molecule has 2 heterocycles. The highest BCUT2D eigenvalue weighted by molar-refractivity contribution is 9.10. The van der Waals surface area contributed by atoms with Gasteiger partial charge in [-0.3, -0.25) is 9.48 Å². The molecule has 0 saturated heterocycles. The fourth-order valence-electron chi connectivity index (χ4n) is 2.26. The lowest BCUT2D eigenvalue weighted by Gasteiger charge is -2.11. The number of methoxy groups -OCH3 is 1. The van der Waals surface area contributed by atoms with Crippen molar-refractivity contribution in [3.8, 4) is 11.5 Å². The SMILES string of the molecule is COc1cc(NC(=O)c2ccn(Cn3cc(Br)cn3)n2)ccc1OC(F)F. The van der Waals surface area contributed by atoms with E-state index in [4.69, 9.17) is 4.74 Å². The molecule has 3 aromatic rings. The van der Waals surface area contributed by atoms with Gasteiger partial charge in [0, 0.05) is 24.1 Å². The van der Waals surface area contributed by atoms with E-state index in [0.29, 0.717) is 12.4 Å². The smallest absolute Gasteiger partial charge is 0.387 e. The summed E-state index contributed by atoms with van der Waals surface area (Å²) in [7, 11) is 1.31. The number of amides is 1. The number of carbonyl (C=O) groups excluding carboxylic acids is 1. The van der Waals surface area contributed by atoms with Gasteiger partial charge in [0.05, 0.1) is 17.8 Å². The molecule has 0 spiro atoms. The number of rotatable bonds is 7. The topological polar surface area (TPSA) is 83.2 Å². The number of hydrogen-bond donors (Lipinski definition) is 1. The quantitative estimate of drug-likeness (QED) is 0.608. The minimum absolute atomic E-state index is 0.0721. The first-order valence-corrected chi connectivity index (χ1v) is 8.39. The Labute approximate surface area is 160 Å². The molecule has 0 radical (unpaired) electrons. The van der Waals surface area contributed by atoms with Gasteiger partial charge < -0.3 is 14.8 Å². The average molecular weight is 442 g/mol. The maximum absolute atomic E-state index is 12.4. The van der Waals surface area contributed by atoms with Gasteiger partial charge in [-0.05, 0) is 34.1 Å². The van der Waals surface area contributed by atoms with Crippen molar-refractivity contribution >= 4 is 27.5 Å². The summed E-state index contributed by atoms with van der Waals surface area (Å²) in [5.74, 6) is -0.511. The molecule has 0 fully saturated rings. The molecule has 11 heteroatoms. The highest BCUT2D eigenvalue weighted by Gasteiger charge is 2.14. The van der Waals surface area contributed by atoms with Crippen molar-refractivity contribution < 1.29 is 23.0 Å². The number of aromatic nitrogens is 4. The van der Waals surface area contributed by atoms with Crippen LogP contribution in [0.15, 0.2) is 47.3 Å². The second kappa shape index (κ2) is 8.16. The van der Waals surface area contributed by atoms with Gasteiger partial charge in [-0.15, -0.1) is 0 Å². The molecule has 0 saturated carbocycles. The first-order chi connectivity index (χ1) is 12.9. The molecule has 0 aliphatic heterocycles. The van der Waals surface area contributed by atoms with E-state index in [1.807, 2.05) is 0 Å². The van der Waals surface area contributed by atoms with Crippen LogP contribution >= 0.6 is 15.9 Å². The molecule has 0 unspecified atom stereocenters. The molecule has 0 atom stereocenters. The van der Waals surface area contributed by atoms with Crippen LogP contribution in [0, 0.1) is 0 Å². The number of carbonyl (C=O) groups is 1. The molecule has 1 aromatic carbocycles. The lowest BCUT2D eigenvalue weighted by molar-refractivity contribution is -0.0512. The Morgan fingerprint density at radius 1 is 1.30 bits per heavy atom. The summed E-state index contributed by atoms with van der Waals surface area (Å²) in [6, 6.07) is 5.65. The van der Waals surface area contributed by atoms with E-state index in [1.54, 1.807) is 34.0 Å². The lowest BCUT2D eigenvalue weighted by Crippen LogP contribution is -2.15. The number of alkyl halides is 2. The number of nitrogens with zero attached hydrogens (tertiary/aromatic N) is 4. The van der Waals surface area contributed by atoms with Crippen LogP contribution in [0.1, 0.15) is 10.5 Å². The van der Waals surface area contributed by atoms with Crippen LogP contribution in [0.4, 0.5) is 14.5 Å². The fraction of sp³-hybridized carbons (Fsp3) is 0.188. The monoisotopic (exact) mass is 441 g/mol. The summed E-state index contributed by atoms with van der Waals surface area (Å²) in [5.41, 5.74) is 0.539. The fourth-order valence-corrected chi connectivity index (χ4v) is 2.59. The zero-order chi connectivity index (χ0) is 19.4. The maximum Gasteiger partial charge on any atom is 0.387 e. The standard InChI is InChI=1S/C16H14BrF2N5O3/c1-26-14-6-11(2-3-13(14)27-16(18)19)21-15(25)12-4-5-23(22-12)9-24-8-10(17)7-20-24/h2-8,16H,9H2,1H3,(H,21,25). The summed E-state index contributed by atoms with van der Waals surface area (Å²) < 4.78 is 38.1. The molecule has 1 amide bonds. The van der Waals surface area contributed by atoms with Crippen LogP contribution < -0.4 is 14.8 Å². The van der Waals surface area contributed by atoms with Crippen molar-refractivity contribution in [2.24, 2.45) is 0 Å². The Bertz CT molecular complexity index is 944. The third kappa shape index (κ3) is 4.82. The molecular formula is C16H14BrF2N5O3. The molecule has 3 rings (SSSR count). The molecule has 1 N–H and O–H groups in total. The Morgan fingerprint density at radius 2 is 2.11 bits per heavy atom. The van der Waals surface area contributed by atoms with E-state index in [-0.39, 0.29) is 17.2 Å². The van der Waals surface area contributed by atoms with Gasteiger partial charge in [-0.1, -0.05) is 0 Å². The highest BCUT2D eigenvalue weighted by atomic mass is 79.9. The Morgan fingerprint density at radius 3 is 2.78 bits per heavy atom. The van der Waals surface area contributed by atoms with Crippen molar-refractivity contribution in [3.05, 3.63) is 53.0 Å². The molecule has 27 heavy (non-hydrogen) atoms. The largest absolute Gasteiger partial charge is 0.493 e. The first kappa shape index (κ1) is 18.8. The molecular weight excluding hydrogens is 428 g/mol. The predicted molar refractivity (Wildman–Crippen MR) is 95.1 cm³/mol. The van der Waals surface area contributed by atoms with Gasteiger partial charge in [-0.25, -0.2) is 4.68 Å². The van der Waals surface area contributed by atoms with E-state index in [0.717, 1.165) is 4.47 Å². The van der Waals surface area contributed by atoms with Gasteiger partial charge in [-0.2, -0.15) is 19.0 Å². The van der Waals surface area contributed by atoms with Crippen LogP contribution in [-0.2, 0) is 6.67 Å². The number of anilines is 1.